The quantitative estimate of drug-likeness (QED) is 0.496. The lowest BCUT2D eigenvalue weighted by Crippen LogP contribution is -2.08. The van der Waals surface area contributed by atoms with Crippen LogP contribution in [0.4, 0.5) is 0 Å². The van der Waals surface area contributed by atoms with Crippen molar-refractivity contribution in [1.29, 1.82) is 0 Å². The highest BCUT2D eigenvalue weighted by Gasteiger charge is 2.21. The predicted octanol–water partition coefficient (Wildman–Crippen LogP) is 5.42. The third-order valence-corrected chi connectivity index (χ3v) is 4.17. The maximum Gasteiger partial charge on any atom is 0.142 e. The number of carbonyl (C=O) groups excluding carboxylic acids is 2. The van der Waals surface area contributed by atoms with Crippen LogP contribution in [0.5, 0.6) is 0 Å². The highest BCUT2D eigenvalue weighted by atomic mass is 16.1. The summed E-state index contributed by atoms with van der Waals surface area (Å²) >= 11 is 0. The zero-order chi connectivity index (χ0) is 19.1. The van der Waals surface area contributed by atoms with E-state index in [9.17, 15) is 9.59 Å². The highest BCUT2D eigenvalue weighted by Crippen LogP contribution is 2.37. The van der Waals surface area contributed by atoms with E-state index in [2.05, 4.69) is 27.7 Å². The smallest absolute Gasteiger partial charge is 0.142 e. The molecule has 0 aliphatic rings. The van der Waals surface area contributed by atoms with Gasteiger partial charge in [-0.3, -0.25) is 14.6 Å². The molecule has 0 bridgehead atoms. The first-order valence-corrected chi connectivity index (χ1v) is 8.88. The first-order chi connectivity index (χ1) is 12.5. The molecule has 0 saturated heterocycles. The number of hydrogen-bond donors (Lipinski definition) is 0. The molecule has 2 rings (SSSR count). The number of carbonyl (C=O) groups is 2. The topological polar surface area (TPSA) is 47.0 Å². The first kappa shape index (κ1) is 19.5. The van der Waals surface area contributed by atoms with Crippen LogP contribution in [-0.2, 0) is 9.59 Å². The second kappa shape index (κ2) is 9.04. The molecular weight excluding hydrogens is 322 g/mol. The van der Waals surface area contributed by atoms with Crippen LogP contribution in [-0.4, -0.2) is 17.6 Å². The lowest BCUT2D eigenvalue weighted by Gasteiger charge is -2.22. The first-order valence-electron chi connectivity index (χ1n) is 8.88. The Morgan fingerprint density at radius 1 is 0.769 bits per heavy atom. The van der Waals surface area contributed by atoms with Crippen molar-refractivity contribution in [3.8, 4) is 11.1 Å². The van der Waals surface area contributed by atoms with Crippen molar-refractivity contribution in [1.82, 2.24) is 4.98 Å². The van der Waals surface area contributed by atoms with Crippen molar-refractivity contribution in [2.24, 2.45) is 0 Å². The number of pyridine rings is 1. The van der Waals surface area contributed by atoms with Crippen molar-refractivity contribution >= 4 is 24.7 Å². The molecule has 1 aromatic carbocycles. The lowest BCUT2D eigenvalue weighted by molar-refractivity contribution is -0.104. The second-order valence-corrected chi connectivity index (χ2v) is 6.75. The standard InChI is InChI=1S/C23H25NO2/c1-16(2)22-19(12-8-14-25)21(18-10-6-5-7-11-18)20(13-9-15-26)23(24-22)17(3)4/h5-17H,1-4H3/b12-8+,13-9+. The molecule has 3 heteroatoms. The van der Waals surface area contributed by atoms with Gasteiger partial charge in [-0.1, -0.05) is 58.0 Å². The van der Waals surface area contributed by atoms with Crippen molar-refractivity contribution in [2.75, 3.05) is 0 Å². The van der Waals surface area contributed by atoms with E-state index >= 15 is 0 Å². The van der Waals surface area contributed by atoms with E-state index in [1.54, 1.807) is 0 Å². The van der Waals surface area contributed by atoms with E-state index in [-0.39, 0.29) is 11.8 Å². The largest absolute Gasteiger partial charge is 0.299 e. The van der Waals surface area contributed by atoms with Crippen molar-refractivity contribution < 1.29 is 9.59 Å². The van der Waals surface area contributed by atoms with Crippen LogP contribution in [0.3, 0.4) is 0 Å². The van der Waals surface area contributed by atoms with E-state index in [1.807, 2.05) is 42.5 Å². The molecular formula is C23H25NO2. The fraction of sp³-hybridized carbons (Fsp3) is 0.261. The molecule has 3 nitrogen and oxygen atoms in total. The van der Waals surface area contributed by atoms with Crippen LogP contribution in [0.1, 0.15) is 62.0 Å². The van der Waals surface area contributed by atoms with Crippen LogP contribution in [0.15, 0.2) is 42.5 Å². The summed E-state index contributed by atoms with van der Waals surface area (Å²) in [6.07, 6.45) is 8.18. The Hall–Kier alpha value is -2.81. The van der Waals surface area contributed by atoms with Crippen LogP contribution in [0.25, 0.3) is 23.3 Å². The third-order valence-electron chi connectivity index (χ3n) is 4.17. The molecule has 0 atom stereocenters. The van der Waals surface area contributed by atoms with Crippen LogP contribution < -0.4 is 0 Å². The molecule has 1 aromatic heterocycles. The second-order valence-electron chi connectivity index (χ2n) is 6.75. The number of benzene rings is 1. The molecule has 1 heterocycles. The fourth-order valence-electron chi connectivity index (χ4n) is 3.06. The van der Waals surface area contributed by atoms with Gasteiger partial charge in [0.15, 0.2) is 0 Å². The molecule has 0 saturated carbocycles. The summed E-state index contributed by atoms with van der Waals surface area (Å²) in [6, 6.07) is 10.0. The van der Waals surface area contributed by atoms with Gasteiger partial charge in [0.25, 0.3) is 0 Å². The Morgan fingerprint density at radius 3 is 1.62 bits per heavy atom. The number of rotatable bonds is 7. The van der Waals surface area contributed by atoms with Gasteiger partial charge in [-0.2, -0.15) is 0 Å². The van der Waals surface area contributed by atoms with Gasteiger partial charge in [0, 0.05) is 11.1 Å². The van der Waals surface area contributed by atoms with E-state index < -0.39 is 0 Å². The summed E-state index contributed by atoms with van der Waals surface area (Å²) in [5.74, 6) is 0.399. The zero-order valence-corrected chi connectivity index (χ0v) is 15.8. The predicted molar refractivity (Wildman–Crippen MR) is 108 cm³/mol. The molecule has 2 aromatic rings. The van der Waals surface area contributed by atoms with Crippen molar-refractivity contribution in [3.05, 3.63) is 65.0 Å². The molecule has 0 unspecified atom stereocenters. The van der Waals surface area contributed by atoms with Gasteiger partial charge < -0.3 is 0 Å². The molecule has 0 spiro atoms. The average Bonchev–Trinajstić information content (AvgIpc) is 2.64. The summed E-state index contributed by atoms with van der Waals surface area (Å²) in [5, 5.41) is 0. The summed E-state index contributed by atoms with van der Waals surface area (Å²) in [5.41, 5.74) is 5.79. The maximum atomic E-state index is 11.0. The number of allylic oxidation sites excluding steroid dienone is 2. The Balaban J connectivity index is 3.00. The third kappa shape index (κ3) is 4.23. The monoisotopic (exact) mass is 347 g/mol. The van der Waals surface area contributed by atoms with E-state index in [0.29, 0.717) is 0 Å². The minimum atomic E-state index is 0.199. The Morgan fingerprint density at radius 2 is 1.23 bits per heavy atom. The molecule has 26 heavy (non-hydrogen) atoms. The van der Waals surface area contributed by atoms with Crippen molar-refractivity contribution in [2.45, 2.75) is 39.5 Å². The molecule has 0 aliphatic heterocycles. The van der Waals surface area contributed by atoms with E-state index in [4.69, 9.17) is 4.98 Å². The number of aldehydes is 2. The van der Waals surface area contributed by atoms with Gasteiger partial charge in [0.05, 0.1) is 11.4 Å². The van der Waals surface area contributed by atoms with Gasteiger partial charge >= 0.3 is 0 Å². The molecule has 0 radical (unpaired) electrons. The minimum absolute atomic E-state index is 0.199. The lowest BCUT2D eigenvalue weighted by atomic mass is 9.87. The van der Waals surface area contributed by atoms with Crippen LogP contribution >= 0.6 is 0 Å². The molecule has 0 N–H and O–H groups in total. The van der Waals surface area contributed by atoms with Gasteiger partial charge in [-0.25, -0.2) is 0 Å². The van der Waals surface area contributed by atoms with Gasteiger partial charge in [0.2, 0.25) is 0 Å². The maximum absolute atomic E-state index is 11.0. The minimum Gasteiger partial charge on any atom is -0.299 e. The van der Waals surface area contributed by atoms with Gasteiger partial charge in [0.1, 0.15) is 12.6 Å². The summed E-state index contributed by atoms with van der Waals surface area (Å²) in [6.45, 7) is 8.39. The van der Waals surface area contributed by atoms with Crippen molar-refractivity contribution in [3.63, 3.8) is 0 Å². The zero-order valence-electron chi connectivity index (χ0n) is 15.8. The fourth-order valence-corrected chi connectivity index (χ4v) is 3.06. The molecule has 134 valence electrons. The number of aromatic nitrogens is 1. The number of nitrogens with zero attached hydrogens (tertiary/aromatic N) is 1. The van der Waals surface area contributed by atoms with E-state index in [0.717, 1.165) is 46.2 Å². The molecule has 0 fully saturated rings. The Bertz CT molecular complexity index is 783. The normalized spacial score (nSPS) is 11.8. The number of hydrogen-bond acceptors (Lipinski definition) is 3. The molecule has 0 amide bonds. The van der Waals surface area contributed by atoms with Crippen LogP contribution in [0, 0.1) is 0 Å². The average molecular weight is 347 g/mol. The summed E-state index contributed by atoms with van der Waals surface area (Å²) in [4.78, 5) is 26.9. The molecule has 0 aliphatic carbocycles. The van der Waals surface area contributed by atoms with E-state index in [1.165, 1.54) is 12.2 Å². The summed E-state index contributed by atoms with van der Waals surface area (Å²) in [7, 11) is 0. The Kier molecular flexibility index (Phi) is 6.79. The van der Waals surface area contributed by atoms with Crippen LogP contribution in [0.2, 0.25) is 0 Å². The summed E-state index contributed by atoms with van der Waals surface area (Å²) < 4.78 is 0. The van der Waals surface area contributed by atoms with Gasteiger partial charge in [-0.05, 0) is 47.3 Å². The Labute approximate surface area is 155 Å². The highest BCUT2D eigenvalue weighted by molar-refractivity contribution is 5.89. The SMILES string of the molecule is CC(C)c1nc(C(C)C)c(/C=C/C=O)c(-c2ccccc2)c1/C=C/C=O. The van der Waals surface area contributed by atoms with Gasteiger partial charge in [-0.15, -0.1) is 0 Å².